The summed E-state index contributed by atoms with van der Waals surface area (Å²) >= 11 is 0. The molecule has 0 bridgehead atoms. The second-order valence-corrected chi connectivity index (χ2v) is 4.61. The fourth-order valence-electron chi connectivity index (χ4n) is 2.39. The minimum Gasteiger partial charge on any atom is -0.395 e. The maximum absolute atomic E-state index is 9.03. The number of nitrogens with zero attached hydrogens (tertiary/aromatic N) is 2. The average Bonchev–Trinajstić information content (AvgIpc) is 2.13. The fourth-order valence-corrected chi connectivity index (χ4v) is 2.39. The van der Waals surface area contributed by atoms with E-state index in [1.165, 1.54) is 19.4 Å². The molecule has 3 nitrogen and oxygen atoms in total. The van der Waals surface area contributed by atoms with Gasteiger partial charge in [0.25, 0.3) is 0 Å². The molecule has 1 unspecified atom stereocenters. The quantitative estimate of drug-likeness (QED) is 0.726. The Morgan fingerprint density at radius 1 is 1.50 bits per heavy atom. The van der Waals surface area contributed by atoms with Crippen LogP contribution in [-0.4, -0.2) is 60.3 Å². The summed E-state index contributed by atoms with van der Waals surface area (Å²) in [5, 5.41) is 9.03. The van der Waals surface area contributed by atoms with Crippen molar-refractivity contribution in [2.24, 2.45) is 0 Å². The predicted octanol–water partition coefficient (Wildman–Crippen LogP) is 0.783. The third kappa shape index (κ3) is 3.23. The molecule has 1 aliphatic heterocycles. The van der Waals surface area contributed by atoms with Gasteiger partial charge in [-0.1, -0.05) is 0 Å². The van der Waals surface area contributed by atoms with E-state index in [4.69, 9.17) is 5.11 Å². The first-order valence-electron chi connectivity index (χ1n) is 5.70. The van der Waals surface area contributed by atoms with Gasteiger partial charge in [-0.3, -0.25) is 4.90 Å². The molecule has 1 N–H and O–H groups in total. The molecule has 1 rings (SSSR count). The third-order valence-electron chi connectivity index (χ3n) is 3.09. The molecular weight excluding hydrogens is 176 g/mol. The van der Waals surface area contributed by atoms with Crippen LogP contribution in [0.4, 0.5) is 0 Å². The van der Waals surface area contributed by atoms with Gasteiger partial charge in [-0.25, -0.2) is 0 Å². The first-order chi connectivity index (χ1) is 6.65. The normalized spacial score (nSPS) is 24.9. The van der Waals surface area contributed by atoms with Gasteiger partial charge in [0.05, 0.1) is 6.61 Å². The summed E-state index contributed by atoms with van der Waals surface area (Å²) < 4.78 is 0. The van der Waals surface area contributed by atoms with Crippen LogP contribution in [0.15, 0.2) is 0 Å². The standard InChI is InChI=1S/C11H24N2O/c1-10(2)13(7-8-14)11-5-4-6-12(3)9-11/h10-11,14H,4-9H2,1-3H3. The molecule has 0 spiro atoms. The summed E-state index contributed by atoms with van der Waals surface area (Å²) in [6.45, 7) is 7.89. The molecule has 3 heteroatoms. The van der Waals surface area contributed by atoms with Gasteiger partial charge >= 0.3 is 0 Å². The summed E-state index contributed by atoms with van der Waals surface area (Å²) in [4.78, 5) is 4.82. The lowest BCUT2D eigenvalue weighted by atomic mass is 10.0. The Morgan fingerprint density at radius 2 is 2.21 bits per heavy atom. The Hall–Kier alpha value is -0.120. The van der Waals surface area contributed by atoms with Crippen molar-refractivity contribution in [2.45, 2.75) is 38.8 Å². The molecule has 1 saturated heterocycles. The van der Waals surface area contributed by atoms with Crippen molar-refractivity contribution >= 4 is 0 Å². The van der Waals surface area contributed by atoms with Crippen molar-refractivity contribution in [3.8, 4) is 0 Å². The Bertz CT molecular complexity index is 161. The topological polar surface area (TPSA) is 26.7 Å². The molecule has 1 heterocycles. The van der Waals surface area contributed by atoms with Crippen molar-refractivity contribution in [3.63, 3.8) is 0 Å². The van der Waals surface area contributed by atoms with Crippen LogP contribution in [0.1, 0.15) is 26.7 Å². The van der Waals surface area contributed by atoms with E-state index in [0.717, 1.165) is 13.1 Å². The third-order valence-corrected chi connectivity index (χ3v) is 3.09. The molecule has 0 saturated carbocycles. The van der Waals surface area contributed by atoms with E-state index in [0.29, 0.717) is 12.1 Å². The lowest BCUT2D eigenvalue weighted by Gasteiger charge is -2.40. The van der Waals surface area contributed by atoms with Gasteiger partial charge in [-0.2, -0.15) is 0 Å². The van der Waals surface area contributed by atoms with E-state index in [1.807, 2.05) is 0 Å². The Kier molecular flexibility index (Phi) is 4.85. The van der Waals surface area contributed by atoms with Crippen LogP contribution in [0.2, 0.25) is 0 Å². The highest BCUT2D eigenvalue weighted by Crippen LogP contribution is 2.16. The first kappa shape index (κ1) is 12.0. The Balaban J connectivity index is 2.48. The number of aliphatic hydroxyl groups excluding tert-OH is 1. The maximum Gasteiger partial charge on any atom is 0.0558 e. The molecule has 0 amide bonds. The van der Waals surface area contributed by atoms with Crippen molar-refractivity contribution in [3.05, 3.63) is 0 Å². The summed E-state index contributed by atoms with van der Waals surface area (Å²) in [5.74, 6) is 0. The molecule has 1 fully saturated rings. The molecule has 84 valence electrons. The van der Waals surface area contributed by atoms with Gasteiger partial charge in [0, 0.05) is 25.2 Å². The van der Waals surface area contributed by atoms with Crippen molar-refractivity contribution in [1.82, 2.24) is 9.80 Å². The number of piperidine rings is 1. The monoisotopic (exact) mass is 200 g/mol. The van der Waals surface area contributed by atoms with Gasteiger partial charge in [0.15, 0.2) is 0 Å². The highest BCUT2D eigenvalue weighted by atomic mass is 16.3. The Morgan fingerprint density at radius 3 is 2.71 bits per heavy atom. The second-order valence-electron chi connectivity index (χ2n) is 4.61. The number of likely N-dealkylation sites (N-methyl/N-ethyl adjacent to an activating group) is 1. The van der Waals surface area contributed by atoms with Crippen molar-refractivity contribution < 1.29 is 5.11 Å². The summed E-state index contributed by atoms with van der Waals surface area (Å²) in [6.07, 6.45) is 2.57. The SMILES string of the molecule is CC(C)N(CCO)C1CCCN(C)C1. The molecule has 0 aromatic carbocycles. The van der Waals surface area contributed by atoms with E-state index >= 15 is 0 Å². The molecule has 0 aliphatic carbocycles. The zero-order valence-electron chi connectivity index (χ0n) is 9.74. The van der Waals surface area contributed by atoms with Crippen LogP contribution < -0.4 is 0 Å². The van der Waals surface area contributed by atoms with E-state index < -0.39 is 0 Å². The van der Waals surface area contributed by atoms with Gasteiger partial charge in [0.1, 0.15) is 0 Å². The van der Waals surface area contributed by atoms with Gasteiger partial charge in [-0.15, -0.1) is 0 Å². The molecule has 0 aromatic rings. The molecule has 0 radical (unpaired) electrons. The van der Waals surface area contributed by atoms with Crippen LogP contribution in [-0.2, 0) is 0 Å². The maximum atomic E-state index is 9.03. The molecule has 14 heavy (non-hydrogen) atoms. The molecule has 1 aliphatic rings. The summed E-state index contributed by atoms with van der Waals surface area (Å²) in [6, 6.07) is 1.18. The van der Waals surface area contributed by atoms with Crippen LogP contribution in [0.5, 0.6) is 0 Å². The largest absolute Gasteiger partial charge is 0.395 e. The number of aliphatic hydroxyl groups is 1. The van der Waals surface area contributed by atoms with E-state index in [-0.39, 0.29) is 6.61 Å². The van der Waals surface area contributed by atoms with Crippen molar-refractivity contribution in [1.29, 1.82) is 0 Å². The lowest BCUT2D eigenvalue weighted by Crippen LogP contribution is -2.50. The summed E-state index contributed by atoms with van der Waals surface area (Å²) in [5.41, 5.74) is 0. The minimum atomic E-state index is 0.276. The van der Waals surface area contributed by atoms with Crippen LogP contribution in [0.25, 0.3) is 0 Å². The number of hydrogen-bond acceptors (Lipinski definition) is 3. The fraction of sp³-hybridized carbons (Fsp3) is 1.00. The average molecular weight is 200 g/mol. The lowest BCUT2D eigenvalue weighted by molar-refractivity contribution is 0.0692. The van der Waals surface area contributed by atoms with Gasteiger partial charge in [0.2, 0.25) is 0 Å². The predicted molar refractivity (Wildman–Crippen MR) is 59.4 cm³/mol. The number of likely N-dealkylation sites (tertiary alicyclic amines) is 1. The van der Waals surface area contributed by atoms with Crippen molar-refractivity contribution in [2.75, 3.05) is 33.3 Å². The number of hydrogen-bond donors (Lipinski definition) is 1. The zero-order chi connectivity index (χ0) is 10.6. The summed E-state index contributed by atoms with van der Waals surface area (Å²) in [7, 11) is 2.18. The Labute approximate surface area is 87.7 Å². The van der Waals surface area contributed by atoms with Crippen LogP contribution in [0.3, 0.4) is 0 Å². The number of rotatable bonds is 4. The first-order valence-corrected chi connectivity index (χ1v) is 5.70. The van der Waals surface area contributed by atoms with Gasteiger partial charge < -0.3 is 10.0 Å². The molecule has 0 aromatic heterocycles. The zero-order valence-corrected chi connectivity index (χ0v) is 9.74. The van der Waals surface area contributed by atoms with Crippen LogP contribution >= 0.6 is 0 Å². The molecule has 1 atom stereocenters. The smallest absolute Gasteiger partial charge is 0.0558 e. The minimum absolute atomic E-state index is 0.276. The van der Waals surface area contributed by atoms with Gasteiger partial charge in [-0.05, 0) is 40.3 Å². The molecular formula is C11H24N2O. The second kappa shape index (κ2) is 5.69. The van der Waals surface area contributed by atoms with Crippen LogP contribution in [0, 0.1) is 0 Å². The van der Waals surface area contributed by atoms with E-state index in [9.17, 15) is 0 Å². The van der Waals surface area contributed by atoms with E-state index in [1.54, 1.807) is 0 Å². The highest BCUT2D eigenvalue weighted by Gasteiger charge is 2.24. The highest BCUT2D eigenvalue weighted by molar-refractivity contribution is 4.81. The van der Waals surface area contributed by atoms with E-state index in [2.05, 4.69) is 30.7 Å².